The number of rotatable bonds is 5. The molecule has 1 amide bonds. The van der Waals surface area contributed by atoms with Crippen molar-refractivity contribution < 1.29 is 9.42 Å². The van der Waals surface area contributed by atoms with Gasteiger partial charge in [0.1, 0.15) is 0 Å². The second kappa shape index (κ2) is 6.39. The molecule has 2 rings (SSSR count). The predicted octanol–water partition coefficient (Wildman–Crippen LogP) is 2.34. The van der Waals surface area contributed by atoms with Crippen molar-refractivity contribution >= 4 is 11.7 Å². The van der Waals surface area contributed by atoms with E-state index in [0.29, 0.717) is 0 Å². The van der Waals surface area contributed by atoms with Crippen LogP contribution in [0.1, 0.15) is 48.4 Å². The molecule has 0 saturated carbocycles. The molecule has 1 aromatic carbocycles. The van der Waals surface area contributed by atoms with Gasteiger partial charge in [-0.15, -0.1) is 0 Å². The number of hydrogen-bond donors (Lipinski definition) is 2. The van der Waals surface area contributed by atoms with Gasteiger partial charge in [-0.1, -0.05) is 45.0 Å². The maximum absolute atomic E-state index is 12.2. The average molecular weight is 288 g/mol. The third kappa shape index (κ3) is 3.39. The van der Waals surface area contributed by atoms with Gasteiger partial charge < -0.3 is 11.1 Å². The van der Waals surface area contributed by atoms with Crippen LogP contribution in [-0.2, 0) is 6.42 Å². The van der Waals surface area contributed by atoms with E-state index in [0.717, 1.165) is 12.0 Å². The predicted molar refractivity (Wildman–Crippen MR) is 79.6 cm³/mol. The number of aromatic nitrogens is 2. The molecule has 0 radical (unpaired) electrons. The van der Waals surface area contributed by atoms with Crippen molar-refractivity contribution in [1.29, 1.82) is 0 Å². The number of carbonyl (C=O) groups is 1. The lowest BCUT2D eigenvalue weighted by molar-refractivity contribution is 0.0916. The first-order valence-corrected chi connectivity index (χ1v) is 7.00. The van der Waals surface area contributed by atoms with E-state index in [1.807, 2.05) is 26.0 Å². The zero-order valence-electron chi connectivity index (χ0n) is 12.5. The molecule has 0 aliphatic rings. The Balaban J connectivity index is 2.19. The molecule has 6 nitrogen and oxygen atoms in total. The minimum Gasteiger partial charge on any atom is -0.379 e. The maximum Gasteiger partial charge on any atom is 0.277 e. The van der Waals surface area contributed by atoms with Crippen LogP contribution in [0.15, 0.2) is 28.9 Å². The largest absolute Gasteiger partial charge is 0.379 e. The van der Waals surface area contributed by atoms with E-state index in [4.69, 9.17) is 5.73 Å². The Morgan fingerprint density at radius 2 is 1.95 bits per heavy atom. The molecule has 0 aliphatic carbocycles. The molecule has 0 saturated heterocycles. The van der Waals surface area contributed by atoms with Crippen molar-refractivity contribution in [2.75, 3.05) is 5.73 Å². The van der Waals surface area contributed by atoms with Crippen molar-refractivity contribution in [2.45, 2.75) is 33.2 Å². The highest BCUT2D eigenvalue weighted by Gasteiger charge is 2.23. The number of nitrogen functional groups attached to an aromatic ring is 1. The molecule has 3 N–H and O–H groups in total. The Labute approximate surface area is 123 Å². The number of nitrogens with two attached hydrogens (primary N) is 1. The quantitative estimate of drug-likeness (QED) is 0.880. The number of amides is 1. The van der Waals surface area contributed by atoms with Gasteiger partial charge in [-0.05, 0) is 33.8 Å². The lowest BCUT2D eigenvalue weighted by Crippen LogP contribution is -2.32. The summed E-state index contributed by atoms with van der Waals surface area (Å²) in [6, 6.07) is 8.09. The van der Waals surface area contributed by atoms with Gasteiger partial charge in [-0.25, -0.2) is 4.63 Å². The van der Waals surface area contributed by atoms with Crippen LogP contribution in [0.3, 0.4) is 0 Å². The highest BCUT2D eigenvalue weighted by Crippen LogP contribution is 2.23. The zero-order valence-corrected chi connectivity index (χ0v) is 12.5. The van der Waals surface area contributed by atoms with Gasteiger partial charge in [-0.3, -0.25) is 4.79 Å². The molecule has 1 aromatic heterocycles. The van der Waals surface area contributed by atoms with E-state index in [9.17, 15) is 4.79 Å². The lowest BCUT2D eigenvalue weighted by Gasteiger charge is -2.22. The summed E-state index contributed by atoms with van der Waals surface area (Å²) in [4.78, 5) is 12.2. The summed E-state index contributed by atoms with van der Waals surface area (Å²) >= 11 is 0. The molecule has 112 valence electrons. The number of carbonyl (C=O) groups excluding carboxylic acids is 1. The first-order chi connectivity index (χ1) is 10.0. The van der Waals surface area contributed by atoms with Crippen molar-refractivity contribution in [1.82, 2.24) is 15.6 Å². The van der Waals surface area contributed by atoms with E-state index in [1.165, 1.54) is 5.56 Å². The fraction of sp³-hybridized carbons (Fsp3) is 0.400. The SMILES string of the molecule is CCc1ccc(C(NC(=O)c2nonc2N)C(C)C)cc1. The van der Waals surface area contributed by atoms with Crippen molar-refractivity contribution in [3.63, 3.8) is 0 Å². The van der Waals surface area contributed by atoms with Gasteiger partial charge in [0.05, 0.1) is 6.04 Å². The van der Waals surface area contributed by atoms with E-state index >= 15 is 0 Å². The summed E-state index contributed by atoms with van der Waals surface area (Å²) in [7, 11) is 0. The molecule has 0 fully saturated rings. The second-order valence-electron chi connectivity index (χ2n) is 5.29. The standard InChI is InChI=1S/C15H20N4O2/c1-4-10-5-7-11(8-6-10)12(9(2)3)17-15(20)13-14(16)19-21-18-13/h5-9,12H,4H2,1-3H3,(H2,16,19)(H,17,20). The molecule has 21 heavy (non-hydrogen) atoms. The molecular weight excluding hydrogens is 268 g/mol. The summed E-state index contributed by atoms with van der Waals surface area (Å²) < 4.78 is 4.46. The molecule has 0 aliphatic heterocycles. The second-order valence-corrected chi connectivity index (χ2v) is 5.29. The van der Waals surface area contributed by atoms with Gasteiger partial charge in [0.25, 0.3) is 5.91 Å². The van der Waals surface area contributed by atoms with E-state index < -0.39 is 0 Å². The highest BCUT2D eigenvalue weighted by atomic mass is 16.6. The normalized spacial score (nSPS) is 12.4. The van der Waals surface area contributed by atoms with Crippen molar-refractivity contribution in [2.24, 2.45) is 5.92 Å². The van der Waals surface area contributed by atoms with Gasteiger partial charge >= 0.3 is 0 Å². The van der Waals surface area contributed by atoms with Crippen molar-refractivity contribution in [3.8, 4) is 0 Å². The molecule has 0 spiro atoms. The van der Waals surface area contributed by atoms with Crippen LogP contribution in [-0.4, -0.2) is 16.2 Å². The number of hydrogen-bond acceptors (Lipinski definition) is 5. The van der Waals surface area contributed by atoms with Crippen molar-refractivity contribution in [3.05, 3.63) is 41.1 Å². The Morgan fingerprint density at radius 3 is 2.43 bits per heavy atom. The van der Waals surface area contributed by atoms with Crippen LogP contribution < -0.4 is 11.1 Å². The number of anilines is 1. The topological polar surface area (TPSA) is 94.0 Å². The highest BCUT2D eigenvalue weighted by molar-refractivity contribution is 5.96. The van der Waals surface area contributed by atoms with Crippen LogP contribution in [0.5, 0.6) is 0 Å². The molecule has 2 aromatic rings. The van der Waals surface area contributed by atoms with Crippen LogP contribution >= 0.6 is 0 Å². The molecule has 0 bridgehead atoms. The Hall–Kier alpha value is -2.37. The minimum absolute atomic E-state index is 0.00339. The fourth-order valence-electron chi connectivity index (χ4n) is 2.16. The van der Waals surface area contributed by atoms with Crippen LogP contribution in [0, 0.1) is 5.92 Å². The maximum atomic E-state index is 12.2. The zero-order chi connectivity index (χ0) is 15.4. The first-order valence-electron chi connectivity index (χ1n) is 7.00. The summed E-state index contributed by atoms with van der Waals surface area (Å²) in [5, 5.41) is 9.87. The first kappa shape index (κ1) is 15.0. The summed E-state index contributed by atoms with van der Waals surface area (Å²) in [5.41, 5.74) is 7.87. The van der Waals surface area contributed by atoms with Crippen LogP contribution in [0.4, 0.5) is 5.82 Å². The van der Waals surface area contributed by atoms with Gasteiger partial charge in [0, 0.05) is 0 Å². The third-order valence-corrected chi connectivity index (χ3v) is 3.43. The Bertz CT molecular complexity index is 604. The summed E-state index contributed by atoms with van der Waals surface area (Å²) in [6.45, 7) is 6.20. The number of nitrogens with one attached hydrogen (secondary N) is 1. The molecule has 1 heterocycles. The Kier molecular flexibility index (Phi) is 4.57. The molecular formula is C15H20N4O2. The average Bonchev–Trinajstić information content (AvgIpc) is 2.90. The third-order valence-electron chi connectivity index (χ3n) is 3.43. The number of benzene rings is 1. The summed E-state index contributed by atoms with van der Waals surface area (Å²) in [6.07, 6.45) is 0.986. The summed E-state index contributed by atoms with van der Waals surface area (Å²) in [5.74, 6) is -0.161. The van der Waals surface area contributed by atoms with Gasteiger partial charge in [0.2, 0.25) is 11.5 Å². The Morgan fingerprint density at radius 1 is 1.29 bits per heavy atom. The molecule has 6 heteroatoms. The van der Waals surface area contributed by atoms with E-state index in [-0.39, 0.29) is 29.4 Å². The lowest BCUT2D eigenvalue weighted by atomic mass is 9.94. The molecule has 1 atom stereocenters. The molecule has 1 unspecified atom stereocenters. The van der Waals surface area contributed by atoms with Gasteiger partial charge in [0.15, 0.2) is 0 Å². The van der Waals surface area contributed by atoms with Gasteiger partial charge in [-0.2, -0.15) is 0 Å². The monoisotopic (exact) mass is 288 g/mol. The van der Waals surface area contributed by atoms with Crippen LogP contribution in [0.25, 0.3) is 0 Å². The fourth-order valence-corrected chi connectivity index (χ4v) is 2.16. The van der Waals surface area contributed by atoms with Crippen LogP contribution in [0.2, 0.25) is 0 Å². The minimum atomic E-state index is -0.382. The smallest absolute Gasteiger partial charge is 0.277 e. The van der Waals surface area contributed by atoms with E-state index in [2.05, 4.69) is 39.3 Å². The number of nitrogens with zero attached hydrogens (tertiary/aromatic N) is 2. The number of aryl methyl sites for hydroxylation is 1. The van der Waals surface area contributed by atoms with E-state index in [1.54, 1.807) is 0 Å².